The van der Waals surface area contributed by atoms with E-state index in [1.807, 2.05) is 24.4 Å². The van der Waals surface area contributed by atoms with Crippen molar-refractivity contribution in [3.05, 3.63) is 36.5 Å². The van der Waals surface area contributed by atoms with Crippen LogP contribution in [-0.2, 0) is 0 Å². The summed E-state index contributed by atoms with van der Waals surface area (Å²) in [4.78, 5) is 5.29. The second-order valence-electron chi connectivity index (χ2n) is 2.62. The number of rotatable bonds is 0. The summed E-state index contributed by atoms with van der Waals surface area (Å²) in [6, 6.07) is 10.1. The van der Waals surface area contributed by atoms with Crippen LogP contribution in [0, 0.1) is 0 Å². The second-order valence-corrected chi connectivity index (χ2v) is 2.62. The normalized spacial score (nSPS) is 12.4. The fraction of sp³-hybridized carbons (Fsp3) is 0. The summed E-state index contributed by atoms with van der Waals surface area (Å²) in [5.74, 6) is 0.975. The van der Waals surface area contributed by atoms with Gasteiger partial charge in [0, 0.05) is 10.8 Å². The zero-order valence-electron chi connectivity index (χ0n) is 5.82. The Kier molecular flexibility index (Phi) is 0.714. The first-order valence-corrected chi connectivity index (χ1v) is 3.57. The van der Waals surface area contributed by atoms with Gasteiger partial charge in [-0.1, -0.05) is 6.07 Å². The number of hydrogen-bond donors (Lipinski definition) is 0. The number of pyridine rings is 1. The van der Waals surface area contributed by atoms with E-state index < -0.39 is 0 Å². The third-order valence-corrected chi connectivity index (χ3v) is 1.94. The van der Waals surface area contributed by atoms with Gasteiger partial charge in [-0.2, -0.15) is 0 Å². The molecule has 1 aromatic heterocycles. The van der Waals surface area contributed by atoms with Crippen molar-refractivity contribution in [2.75, 3.05) is 0 Å². The quantitative estimate of drug-likeness (QED) is 0.433. The average molecular weight is 144 g/mol. The highest BCUT2D eigenvalue weighted by Crippen LogP contribution is 2.26. The number of benzene rings is 1. The molecule has 1 aliphatic rings. The van der Waals surface area contributed by atoms with Gasteiger partial charge in [-0.05, 0) is 18.2 Å². The summed E-state index contributed by atoms with van der Waals surface area (Å²) in [5, 5.41) is 1.23. The molecule has 2 aromatic rings. The summed E-state index contributed by atoms with van der Waals surface area (Å²) >= 11 is 0. The Hall–Kier alpha value is -1.57. The van der Waals surface area contributed by atoms with E-state index in [2.05, 4.69) is 12.1 Å². The van der Waals surface area contributed by atoms with E-state index in [-0.39, 0.29) is 0 Å². The summed E-state index contributed by atoms with van der Waals surface area (Å²) < 4.78 is 1.78. The fourth-order valence-electron chi connectivity index (χ4n) is 1.43. The maximum atomic E-state index is 5.29. The third kappa shape index (κ3) is 0.499. The molecule has 0 bridgehead atoms. The highest BCUT2D eigenvalue weighted by Gasteiger charge is 2.27. The molecule has 52 valence electrons. The third-order valence-electron chi connectivity index (χ3n) is 1.94. The minimum absolute atomic E-state index is 0.975. The molecule has 3 rings (SSSR count). The zero-order chi connectivity index (χ0) is 7.26. The van der Waals surface area contributed by atoms with E-state index in [4.69, 9.17) is 4.84 Å². The van der Waals surface area contributed by atoms with Gasteiger partial charge in [0.1, 0.15) is 0 Å². The van der Waals surface area contributed by atoms with Crippen LogP contribution in [0.2, 0.25) is 0 Å². The summed E-state index contributed by atoms with van der Waals surface area (Å²) in [6.45, 7) is 0. The molecular formula is C9H6NO+. The molecule has 11 heavy (non-hydrogen) atoms. The molecule has 0 saturated carbocycles. The first-order valence-electron chi connectivity index (χ1n) is 3.57. The van der Waals surface area contributed by atoms with Crippen molar-refractivity contribution in [1.82, 2.24) is 0 Å². The van der Waals surface area contributed by atoms with Crippen LogP contribution in [0.3, 0.4) is 0 Å². The zero-order valence-corrected chi connectivity index (χ0v) is 5.82. The highest BCUT2D eigenvalue weighted by atomic mass is 16.7. The van der Waals surface area contributed by atoms with Crippen molar-refractivity contribution in [1.29, 1.82) is 0 Å². The van der Waals surface area contributed by atoms with Crippen LogP contribution in [0.1, 0.15) is 0 Å². The molecule has 0 spiro atoms. The Balaban J connectivity index is 2.61. The molecular weight excluding hydrogens is 138 g/mol. The molecule has 0 atom stereocenters. The first-order chi connectivity index (χ1) is 5.45. The van der Waals surface area contributed by atoms with Crippen molar-refractivity contribution >= 4 is 10.9 Å². The van der Waals surface area contributed by atoms with E-state index in [0.717, 1.165) is 5.75 Å². The van der Waals surface area contributed by atoms with Crippen molar-refractivity contribution in [2.45, 2.75) is 0 Å². The fourth-order valence-corrected chi connectivity index (χ4v) is 1.43. The molecule has 2 heteroatoms. The topological polar surface area (TPSA) is 13.1 Å². The van der Waals surface area contributed by atoms with Crippen LogP contribution in [0.15, 0.2) is 36.5 Å². The molecule has 2 heterocycles. The molecule has 1 aliphatic heterocycles. The number of para-hydroxylation sites is 1. The van der Waals surface area contributed by atoms with E-state index in [1.165, 1.54) is 10.9 Å². The Morgan fingerprint density at radius 2 is 2.00 bits per heavy atom. The molecule has 0 radical (unpaired) electrons. The van der Waals surface area contributed by atoms with Gasteiger partial charge in [0.15, 0.2) is 0 Å². The minimum Gasteiger partial charge on any atom is -0.223 e. The van der Waals surface area contributed by atoms with E-state index in [0.29, 0.717) is 0 Å². The standard InChI is InChI=1S/C9H6NO/c1-3-7-4-2-6-10-9(7)8(5-1)11-10/h1-6H/q+1. The molecule has 0 aliphatic carbocycles. The predicted molar refractivity (Wildman–Crippen MR) is 40.2 cm³/mol. The maximum Gasteiger partial charge on any atom is 0.314 e. The van der Waals surface area contributed by atoms with Gasteiger partial charge in [0.25, 0.3) is 5.75 Å². The van der Waals surface area contributed by atoms with Crippen molar-refractivity contribution in [2.24, 2.45) is 0 Å². The summed E-state index contributed by atoms with van der Waals surface area (Å²) in [6.07, 6.45) is 1.91. The number of nitrogens with zero attached hydrogens (tertiary/aromatic N) is 1. The lowest BCUT2D eigenvalue weighted by molar-refractivity contribution is -0.877. The second kappa shape index (κ2) is 1.53. The van der Waals surface area contributed by atoms with Gasteiger partial charge in [0.2, 0.25) is 6.20 Å². The number of hydrogen-bond acceptors (Lipinski definition) is 1. The lowest BCUT2D eigenvalue weighted by Gasteiger charge is -2.08. The van der Waals surface area contributed by atoms with Crippen molar-refractivity contribution in [3.8, 4) is 5.75 Å². The van der Waals surface area contributed by atoms with Crippen LogP contribution >= 0.6 is 0 Å². The summed E-state index contributed by atoms with van der Waals surface area (Å²) in [7, 11) is 0. The Labute approximate surface area is 63.6 Å². The smallest absolute Gasteiger partial charge is 0.223 e. The number of aromatic nitrogens is 1. The van der Waals surface area contributed by atoms with Crippen LogP contribution in [0.5, 0.6) is 5.75 Å². The van der Waals surface area contributed by atoms with Gasteiger partial charge in [-0.3, -0.25) is 0 Å². The molecule has 0 fully saturated rings. The molecule has 0 unspecified atom stereocenters. The van der Waals surface area contributed by atoms with E-state index in [1.54, 1.807) is 4.73 Å². The van der Waals surface area contributed by atoms with Crippen LogP contribution in [-0.4, -0.2) is 0 Å². The maximum absolute atomic E-state index is 5.29. The Morgan fingerprint density at radius 1 is 1.09 bits per heavy atom. The Bertz CT molecular complexity index is 400. The van der Waals surface area contributed by atoms with Crippen molar-refractivity contribution < 1.29 is 9.57 Å². The average Bonchev–Trinajstić information content (AvgIpc) is 2.01. The van der Waals surface area contributed by atoms with Gasteiger partial charge < -0.3 is 0 Å². The molecule has 0 saturated heterocycles. The van der Waals surface area contributed by atoms with E-state index in [9.17, 15) is 0 Å². The molecule has 1 aromatic carbocycles. The van der Waals surface area contributed by atoms with Crippen molar-refractivity contribution in [3.63, 3.8) is 0 Å². The van der Waals surface area contributed by atoms with Gasteiger partial charge in [-0.15, -0.1) is 0 Å². The lowest BCUT2D eigenvalue weighted by Crippen LogP contribution is -2.47. The summed E-state index contributed by atoms with van der Waals surface area (Å²) in [5.41, 5.74) is 1.19. The SMILES string of the molecule is c1cc2c3c(c1)ccc[n+]3O2. The first kappa shape index (κ1) is 5.13. The monoisotopic (exact) mass is 144 g/mol. The Morgan fingerprint density at radius 3 is 2.91 bits per heavy atom. The minimum atomic E-state index is 0.975. The van der Waals surface area contributed by atoms with Gasteiger partial charge in [0.05, 0.1) is 5.39 Å². The van der Waals surface area contributed by atoms with Crippen LogP contribution in [0.4, 0.5) is 0 Å². The molecule has 2 nitrogen and oxygen atoms in total. The van der Waals surface area contributed by atoms with E-state index >= 15 is 0 Å². The van der Waals surface area contributed by atoms with Crippen LogP contribution in [0.25, 0.3) is 10.9 Å². The predicted octanol–water partition coefficient (Wildman–Crippen LogP) is 1.28. The largest absolute Gasteiger partial charge is 0.314 e. The van der Waals surface area contributed by atoms with Gasteiger partial charge >= 0.3 is 5.52 Å². The highest BCUT2D eigenvalue weighted by molar-refractivity contribution is 5.82. The lowest BCUT2D eigenvalue weighted by atomic mass is 10.2. The van der Waals surface area contributed by atoms with Crippen LogP contribution < -0.4 is 9.57 Å². The molecule has 0 N–H and O–H groups in total. The van der Waals surface area contributed by atoms with Gasteiger partial charge in [-0.25, -0.2) is 4.84 Å². The molecule has 0 amide bonds.